The molecular formula is C20H19F2N3O4. The number of alkyl halides is 2. The standard InChI is InChI=1S/C20H19F2N3O4/c1-20(2,26)11-28-13-4-5-16-15(9-24-25(16)10-13)12-6-17(27-3)14(8-23)18(7-12)29-19(21)22/h4-7,9-10,19,26H,11H2,1-3H3. The average molecular weight is 403 g/mol. The number of hydrogen-bond donors (Lipinski definition) is 1. The third kappa shape index (κ3) is 4.55. The Bertz CT molecular complexity index is 1070. The normalized spacial score (nSPS) is 11.5. The largest absolute Gasteiger partial charge is 0.495 e. The number of pyridine rings is 1. The molecule has 7 nitrogen and oxygen atoms in total. The van der Waals surface area contributed by atoms with E-state index in [4.69, 9.17) is 9.47 Å². The highest BCUT2D eigenvalue weighted by molar-refractivity contribution is 5.82. The van der Waals surface area contributed by atoms with Gasteiger partial charge in [-0.25, -0.2) is 4.52 Å². The summed E-state index contributed by atoms with van der Waals surface area (Å²) in [5.74, 6) is 0.347. The maximum atomic E-state index is 12.8. The van der Waals surface area contributed by atoms with Gasteiger partial charge in [0.1, 0.15) is 35.5 Å². The number of benzene rings is 1. The molecular weight excluding hydrogens is 384 g/mol. The van der Waals surface area contributed by atoms with Gasteiger partial charge < -0.3 is 19.3 Å². The van der Waals surface area contributed by atoms with Gasteiger partial charge in [0.15, 0.2) is 0 Å². The van der Waals surface area contributed by atoms with Crippen molar-refractivity contribution >= 4 is 5.52 Å². The Hall–Kier alpha value is -3.38. The highest BCUT2D eigenvalue weighted by atomic mass is 19.3. The van der Waals surface area contributed by atoms with Crippen LogP contribution in [0.25, 0.3) is 16.6 Å². The Morgan fingerprint density at radius 3 is 2.62 bits per heavy atom. The Morgan fingerprint density at radius 2 is 2.00 bits per heavy atom. The van der Waals surface area contributed by atoms with Crippen molar-refractivity contribution in [2.24, 2.45) is 0 Å². The lowest BCUT2D eigenvalue weighted by molar-refractivity contribution is -0.0500. The van der Waals surface area contributed by atoms with Gasteiger partial charge in [-0.3, -0.25) is 0 Å². The average Bonchev–Trinajstić information content (AvgIpc) is 3.08. The molecule has 0 bridgehead atoms. The molecule has 2 heterocycles. The van der Waals surface area contributed by atoms with Crippen LogP contribution < -0.4 is 14.2 Å². The van der Waals surface area contributed by atoms with Gasteiger partial charge in [-0.2, -0.15) is 19.1 Å². The van der Waals surface area contributed by atoms with Crippen molar-refractivity contribution in [3.05, 3.63) is 42.2 Å². The number of fused-ring (bicyclic) bond motifs is 1. The number of methoxy groups -OCH3 is 1. The third-order valence-corrected chi connectivity index (χ3v) is 4.01. The number of rotatable bonds is 7. The van der Waals surface area contributed by atoms with Crippen LogP contribution in [0, 0.1) is 11.3 Å². The van der Waals surface area contributed by atoms with Crippen molar-refractivity contribution in [3.63, 3.8) is 0 Å². The third-order valence-electron chi connectivity index (χ3n) is 4.01. The minimum absolute atomic E-state index is 0.105. The number of nitriles is 1. The van der Waals surface area contributed by atoms with Gasteiger partial charge in [0.2, 0.25) is 0 Å². The van der Waals surface area contributed by atoms with E-state index in [1.54, 1.807) is 49.0 Å². The van der Waals surface area contributed by atoms with Gasteiger partial charge in [0.25, 0.3) is 0 Å². The summed E-state index contributed by atoms with van der Waals surface area (Å²) in [6, 6.07) is 8.20. The quantitative estimate of drug-likeness (QED) is 0.648. The second kappa shape index (κ2) is 7.93. The zero-order chi connectivity index (χ0) is 21.2. The number of aromatic nitrogens is 2. The Kier molecular flexibility index (Phi) is 5.57. The number of nitrogens with zero attached hydrogens (tertiary/aromatic N) is 3. The second-order valence-corrected chi connectivity index (χ2v) is 6.90. The smallest absolute Gasteiger partial charge is 0.387 e. The second-order valence-electron chi connectivity index (χ2n) is 6.90. The molecule has 1 aromatic carbocycles. The van der Waals surface area contributed by atoms with E-state index >= 15 is 0 Å². The Labute approximate surface area is 165 Å². The maximum Gasteiger partial charge on any atom is 0.387 e. The molecule has 0 spiro atoms. The molecule has 29 heavy (non-hydrogen) atoms. The molecule has 152 valence electrons. The van der Waals surface area contributed by atoms with E-state index in [1.807, 2.05) is 6.07 Å². The van der Waals surface area contributed by atoms with E-state index in [1.165, 1.54) is 13.2 Å². The summed E-state index contributed by atoms with van der Waals surface area (Å²) in [6.07, 6.45) is 3.20. The topological polar surface area (TPSA) is 89.0 Å². The summed E-state index contributed by atoms with van der Waals surface area (Å²) in [5, 5.41) is 23.3. The molecule has 0 aliphatic carbocycles. The van der Waals surface area contributed by atoms with E-state index < -0.39 is 12.2 Å². The van der Waals surface area contributed by atoms with Gasteiger partial charge in [-0.15, -0.1) is 0 Å². The first kappa shape index (κ1) is 20.4. The zero-order valence-electron chi connectivity index (χ0n) is 16.0. The molecule has 0 aliphatic rings. The van der Waals surface area contributed by atoms with E-state index in [9.17, 15) is 19.1 Å². The molecule has 0 fully saturated rings. The van der Waals surface area contributed by atoms with Crippen LogP contribution >= 0.6 is 0 Å². The predicted octanol–water partition coefficient (Wildman–Crippen LogP) is 3.63. The molecule has 0 unspecified atom stereocenters. The highest BCUT2D eigenvalue weighted by Gasteiger charge is 2.19. The van der Waals surface area contributed by atoms with E-state index in [2.05, 4.69) is 9.84 Å². The van der Waals surface area contributed by atoms with Crippen LogP contribution in [0.2, 0.25) is 0 Å². The summed E-state index contributed by atoms with van der Waals surface area (Å²) in [6.45, 7) is 0.291. The molecule has 1 N–H and O–H groups in total. The van der Waals surface area contributed by atoms with Gasteiger partial charge in [0, 0.05) is 5.56 Å². The predicted molar refractivity (Wildman–Crippen MR) is 100 cm³/mol. The molecule has 3 rings (SSSR count). The zero-order valence-corrected chi connectivity index (χ0v) is 16.0. The first-order valence-corrected chi connectivity index (χ1v) is 8.61. The van der Waals surface area contributed by atoms with Crippen LogP contribution in [-0.4, -0.2) is 40.6 Å². The van der Waals surface area contributed by atoms with Crippen LogP contribution in [0.15, 0.2) is 36.7 Å². The van der Waals surface area contributed by atoms with Crippen LogP contribution in [0.5, 0.6) is 17.2 Å². The fourth-order valence-electron chi connectivity index (χ4n) is 2.74. The summed E-state index contributed by atoms with van der Waals surface area (Å²) >= 11 is 0. The monoisotopic (exact) mass is 403 g/mol. The van der Waals surface area contributed by atoms with Crippen LogP contribution in [0.1, 0.15) is 19.4 Å². The van der Waals surface area contributed by atoms with Crippen molar-refractivity contribution < 1.29 is 28.1 Å². The van der Waals surface area contributed by atoms with Crippen molar-refractivity contribution in [2.75, 3.05) is 13.7 Å². The summed E-state index contributed by atoms with van der Waals surface area (Å²) in [7, 11) is 1.34. The van der Waals surface area contributed by atoms with E-state index in [0.717, 1.165) is 0 Å². The molecule has 0 saturated carbocycles. The highest BCUT2D eigenvalue weighted by Crippen LogP contribution is 2.37. The minimum atomic E-state index is -3.08. The van der Waals surface area contributed by atoms with Crippen molar-refractivity contribution in [1.29, 1.82) is 5.26 Å². The lowest BCUT2D eigenvalue weighted by Gasteiger charge is -2.17. The Balaban J connectivity index is 2.03. The molecule has 0 saturated heterocycles. The number of halogens is 2. The lowest BCUT2D eigenvalue weighted by Crippen LogP contribution is -2.27. The number of hydrogen-bond acceptors (Lipinski definition) is 6. The van der Waals surface area contributed by atoms with Gasteiger partial charge in [0.05, 0.1) is 30.6 Å². The summed E-state index contributed by atoms with van der Waals surface area (Å²) in [4.78, 5) is 0. The first-order valence-electron chi connectivity index (χ1n) is 8.61. The fourth-order valence-corrected chi connectivity index (χ4v) is 2.74. The fraction of sp³-hybridized carbons (Fsp3) is 0.300. The van der Waals surface area contributed by atoms with Crippen LogP contribution in [0.3, 0.4) is 0 Å². The lowest BCUT2D eigenvalue weighted by atomic mass is 10.0. The minimum Gasteiger partial charge on any atom is -0.495 e. The van der Waals surface area contributed by atoms with E-state index in [0.29, 0.717) is 22.4 Å². The van der Waals surface area contributed by atoms with Gasteiger partial charge in [-0.05, 0) is 43.7 Å². The number of aliphatic hydroxyl groups is 1. The van der Waals surface area contributed by atoms with E-state index in [-0.39, 0.29) is 23.7 Å². The molecule has 0 atom stereocenters. The number of ether oxygens (including phenoxy) is 3. The molecule has 0 radical (unpaired) electrons. The molecule has 3 aromatic rings. The summed E-state index contributed by atoms with van der Waals surface area (Å²) in [5.41, 5.74) is 0.702. The molecule has 0 aliphatic heterocycles. The van der Waals surface area contributed by atoms with Crippen LogP contribution in [-0.2, 0) is 0 Å². The molecule has 2 aromatic heterocycles. The Morgan fingerprint density at radius 1 is 1.28 bits per heavy atom. The van der Waals surface area contributed by atoms with Gasteiger partial charge >= 0.3 is 6.61 Å². The van der Waals surface area contributed by atoms with Crippen LogP contribution in [0.4, 0.5) is 8.78 Å². The summed E-state index contributed by atoms with van der Waals surface area (Å²) < 4.78 is 42.4. The SMILES string of the molecule is COc1cc(-c2cnn3cc(OCC(C)(C)O)ccc23)cc(OC(F)F)c1C#N. The maximum absolute atomic E-state index is 12.8. The van der Waals surface area contributed by atoms with Crippen molar-refractivity contribution in [2.45, 2.75) is 26.1 Å². The molecule has 9 heteroatoms. The van der Waals surface area contributed by atoms with Gasteiger partial charge in [-0.1, -0.05) is 0 Å². The first-order chi connectivity index (χ1) is 13.7. The molecule has 0 amide bonds. The van der Waals surface area contributed by atoms with Crippen molar-refractivity contribution in [1.82, 2.24) is 9.61 Å². The van der Waals surface area contributed by atoms with Crippen molar-refractivity contribution in [3.8, 4) is 34.4 Å².